The van der Waals surface area contributed by atoms with E-state index in [1.807, 2.05) is 42.5 Å². The molecule has 1 fully saturated rings. The van der Waals surface area contributed by atoms with Crippen molar-refractivity contribution in [3.63, 3.8) is 0 Å². The Hall–Kier alpha value is -1.91. The van der Waals surface area contributed by atoms with Crippen LogP contribution in [0.4, 0.5) is 0 Å². The molecule has 0 saturated carbocycles. The Labute approximate surface area is 144 Å². The van der Waals surface area contributed by atoms with E-state index >= 15 is 0 Å². The smallest absolute Gasteiger partial charge is 0.251 e. The molecule has 0 aliphatic carbocycles. The molecule has 0 unspecified atom stereocenters. The van der Waals surface area contributed by atoms with E-state index in [0.717, 1.165) is 49.1 Å². The van der Waals surface area contributed by atoms with Crippen molar-refractivity contribution >= 4 is 16.7 Å². The summed E-state index contributed by atoms with van der Waals surface area (Å²) in [6, 6.07) is 13.9. The third-order valence-electron chi connectivity index (χ3n) is 4.81. The fourth-order valence-electron chi connectivity index (χ4n) is 3.32. The maximum Gasteiger partial charge on any atom is 0.251 e. The van der Waals surface area contributed by atoms with Gasteiger partial charge in [0.1, 0.15) is 0 Å². The molecule has 1 N–H and O–H groups in total. The Bertz CT molecular complexity index is 687. The Morgan fingerprint density at radius 1 is 1.08 bits per heavy atom. The maximum atomic E-state index is 12.6. The van der Waals surface area contributed by atoms with E-state index in [-0.39, 0.29) is 5.91 Å². The Kier molecular flexibility index (Phi) is 5.48. The van der Waals surface area contributed by atoms with Crippen molar-refractivity contribution in [3.05, 3.63) is 48.0 Å². The topological polar surface area (TPSA) is 35.6 Å². The van der Waals surface area contributed by atoms with Crippen LogP contribution in [0.25, 0.3) is 10.8 Å². The molecule has 2 aromatic rings. The second-order valence-electron chi connectivity index (χ2n) is 6.95. The highest BCUT2D eigenvalue weighted by atomic mass is 16.1. The third-order valence-corrected chi connectivity index (χ3v) is 4.81. The van der Waals surface area contributed by atoms with Gasteiger partial charge in [-0.15, -0.1) is 0 Å². The quantitative estimate of drug-likeness (QED) is 0.917. The van der Waals surface area contributed by atoms with Crippen molar-refractivity contribution < 1.29 is 4.79 Å². The molecule has 128 valence electrons. The van der Waals surface area contributed by atoms with Crippen molar-refractivity contribution in [2.24, 2.45) is 5.92 Å². The summed E-state index contributed by atoms with van der Waals surface area (Å²) in [4.78, 5) is 17.4. The predicted octanol–water partition coefficient (Wildman–Crippen LogP) is 2.45. The minimum Gasteiger partial charge on any atom is -0.352 e. The molecule has 24 heavy (non-hydrogen) atoms. The summed E-state index contributed by atoms with van der Waals surface area (Å²) in [5.74, 6) is 0.476. The van der Waals surface area contributed by atoms with Crippen molar-refractivity contribution in [1.29, 1.82) is 0 Å². The van der Waals surface area contributed by atoms with Crippen LogP contribution in [0.3, 0.4) is 0 Å². The average molecular weight is 325 g/mol. The van der Waals surface area contributed by atoms with Gasteiger partial charge in [0.25, 0.3) is 5.91 Å². The number of nitrogens with one attached hydrogen (secondary N) is 1. The second-order valence-corrected chi connectivity index (χ2v) is 6.95. The first kappa shape index (κ1) is 16.9. The van der Waals surface area contributed by atoms with Crippen LogP contribution in [0.2, 0.25) is 0 Å². The maximum absolute atomic E-state index is 12.6. The van der Waals surface area contributed by atoms with Crippen LogP contribution in [-0.2, 0) is 0 Å². The summed E-state index contributed by atoms with van der Waals surface area (Å²) in [6.45, 7) is 8.49. The summed E-state index contributed by atoms with van der Waals surface area (Å²) in [5.41, 5.74) is 0.764. The molecule has 3 rings (SSSR count). The number of fused-ring (bicyclic) bond motifs is 1. The van der Waals surface area contributed by atoms with Gasteiger partial charge in [0.2, 0.25) is 0 Å². The lowest BCUT2D eigenvalue weighted by atomic mass is 10.0. The van der Waals surface area contributed by atoms with Crippen LogP contribution in [0.15, 0.2) is 42.5 Å². The molecular formula is C20H27N3O. The lowest BCUT2D eigenvalue weighted by Crippen LogP contribution is -2.46. The Morgan fingerprint density at radius 2 is 1.79 bits per heavy atom. The number of carbonyl (C=O) groups is 1. The number of amides is 1. The van der Waals surface area contributed by atoms with Gasteiger partial charge in [0, 0.05) is 44.8 Å². The molecule has 0 radical (unpaired) electrons. The summed E-state index contributed by atoms with van der Waals surface area (Å²) < 4.78 is 0. The lowest BCUT2D eigenvalue weighted by molar-refractivity contribution is 0.0939. The average Bonchev–Trinajstić information content (AvgIpc) is 2.61. The van der Waals surface area contributed by atoms with Crippen LogP contribution in [0.1, 0.15) is 17.3 Å². The molecule has 1 heterocycles. The standard InChI is InChI=1S/C20H27N3O/c1-16(15-23-12-10-22(2)11-13-23)14-21-20(24)19-9-5-7-17-6-3-4-8-18(17)19/h3-9,16H,10-15H2,1-2H3,(H,21,24)/t16-/m1/s1. The number of nitrogens with zero attached hydrogens (tertiary/aromatic N) is 2. The number of hydrogen-bond donors (Lipinski definition) is 1. The van der Waals surface area contributed by atoms with E-state index in [1.54, 1.807) is 0 Å². The zero-order valence-electron chi connectivity index (χ0n) is 14.7. The molecule has 1 aliphatic rings. The van der Waals surface area contributed by atoms with Crippen molar-refractivity contribution in [2.75, 3.05) is 46.3 Å². The van der Waals surface area contributed by atoms with Gasteiger partial charge in [-0.3, -0.25) is 4.79 Å². The Morgan fingerprint density at radius 3 is 2.58 bits per heavy atom. The third kappa shape index (κ3) is 4.13. The largest absolute Gasteiger partial charge is 0.352 e. The first-order valence-corrected chi connectivity index (χ1v) is 8.80. The van der Waals surface area contributed by atoms with Gasteiger partial charge in [-0.1, -0.05) is 43.3 Å². The normalized spacial score (nSPS) is 17.8. The van der Waals surface area contributed by atoms with E-state index < -0.39 is 0 Å². The predicted molar refractivity (Wildman–Crippen MR) is 99.4 cm³/mol. The second kappa shape index (κ2) is 7.77. The minimum atomic E-state index is 0.0250. The first-order valence-electron chi connectivity index (χ1n) is 8.80. The fourth-order valence-corrected chi connectivity index (χ4v) is 3.32. The van der Waals surface area contributed by atoms with Crippen LogP contribution in [0.5, 0.6) is 0 Å². The van der Waals surface area contributed by atoms with E-state index in [2.05, 4.69) is 29.1 Å². The van der Waals surface area contributed by atoms with Crippen LogP contribution < -0.4 is 5.32 Å². The number of rotatable bonds is 5. The highest BCUT2D eigenvalue weighted by Gasteiger charge is 2.17. The molecule has 1 amide bonds. The van der Waals surface area contributed by atoms with E-state index in [0.29, 0.717) is 12.5 Å². The van der Waals surface area contributed by atoms with E-state index in [1.165, 1.54) is 0 Å². The molecule has 4 heteroatoms. The molecule has 0 spiro atoms. The van der Waals surface area contributed by atoms with E-state index in [4.69, 9.17) is 0 Å². The monoisotopic (exact) mass is 325 g/mol. The number of hydrogen-bond acceptors (Lipinski definition) is 3. The van der Waals surface area contributed by atoms with Gasteiger partial charge in [-0.05, 0) is 29.8 Å². The van der Waals surface area contributed by atoms with Crippen LogP contribution >= 0.6 is 0 Å². The minimum absolute atomic E-state index is 0.0250. The Balaban J connectivity index is 1.55. The van der Waals surface area contributed by atoms with Crippen LogP contribution in [-0.4, -0.2) is 62.0 Å². The molecule has 2 aromatic carbocycles. The fraction of sp³-hybridized carbons (Fsp3) is 0.450. The highest BCUT2D eigenvalue weighted by Crippen LogP contribution is 2.18. The molecule has 1 atom stereocenters. The van der Waals surface area contributed by atoms with Crippen molar-refractivity contribution in [2.45, 2.75) is 6.92 Å². The SMILES string of the molecule is C[C@H](CNC(=O)c1cccc2ccccc12)CN1CCN(C)CC1. The van der Waals surface area contributed by atoms with Gasteiger partial charge in [0.15, 0.2) is 0 Å². The van der Waals surface area contributed by atoms with Gasteiger partial charge in [-0.2, -0.15) is 0 Å². The number of likely N-dealkylation sites (N-methyl/N-ethyl adjacent to an activating group) is 1. The van der Waals surface area contributed by atoms with E-state index in [9.17, 15) is 4.79 Å². The number of benzene rings is 2. The van der Waals surface area contributed by atoms with Crippen LogP contribution in [0, 0.1) is 5.92 Å². The lowest BCUT2D eigenvalue weighted by Gasteiger charge is -2.33. The first-order chi connectivity index (χ1) is 11.6. The van der Waals surface area contributed by atoms with Gasteiger partial charge in [-0.25, -0.2) is 0 Å². The molecule has 1 saturated heterocycles. The zero-order chi connectivity index (χ0) is 16.9. The van der Waals surface area contributed by atoms with Crippen molar-refractivity contribution in [1.82, 2.24) is 15.1 Å². The molecule has 0 aromatic heterocycles. The zero-order valence-corrected chi connectivity index (χ0v) is 14.7. The molecule has 0 bridgehead atoms. The molecule has 4 nitrogen and oxygen atoms in total. The highest BCUT2D eigenvalue weighted by molar-refractivity contribution is 6.06. The summed E-state index contributed by atoms with van der Waals surface area (Å²) in [6.07, 6.45) is 0. The van der Waals surface area contributed by atoms with Gasteiger partial charge < -0.3 is 15.1 Å². The molecular weight excluding hydrogens is 298 g/mol. The van der Waals surface area contributed by atoms with Gasteiger partial charge >= 0.3 is 0 Å². The molecule has 1 aliphatic heterocycles. The number of piperazine rings is 1. The van der Waals surface area contributed by atoms with Gasteiger partial charge in [0.05, 0.1) is 0 Å². The summed E-state index contributed by atoms with van der Waals surface area (Å²) in [5, 5.41) is 5.24. The summed E-state index contributed by atoms with van der Waals surface area (Å²) >= 11 is 0. The van der Waals surface area contributed by atoms with Crippen molar-refractivity contribution in [3.8, 4) is 0 Å². The number of carbonyl (C=O) groups excluding carboxylic acids is 1. The summed E-state index contributed by atoms with van der Waals surface area (Å²) in [7, 11) is 2.17.